The van der Waals surface area contributed by atoms with Crippen molar-refractivity contribution in [3.8, 4) is 5.88 Å². The van der Waals surface area contributed by atoms with Gasteiger partial charge in [-0.05, 0) is 30.5 Å². The molecule has 0 spiro atoms. The summed E-state index contributed by atoms with van der Waals surface area (Å²) in [6, 6.07) is 3.73. The molecule has 1 fully saturated rings. The molecule has 1 N–H and O–H groups in total. The molecule has 2 rings (SSSR count). The second-order valence-corrected chi connectivity index (χ2v) is 4.80. The van der Waals surface area contributed by atoms with E-state index in [2.05, 4.69) is 10.3 Å². The van der Waals surface area contributed by atoms with Gasteiger partial charge in [0.25, 0.3) is 0 Å². The Morgan fingerprint density at radius 2 is 2.39 bits per heavy atom. The van der Waals surface area contributed by atoms with Gasteiger partial charge in [0.05, 0.1) is 7.11 Å². The fourth-order valence-corrected chi connectivity index (χ4v) is 2.31. The van der Waals surface area contributed by atoms with Crippen molar-refractivity contribution in [1.82, 2.24) is 10.3 Å². The highest BCUT2D eigenvalue weighted by Crippen LogP contribution is 2.38. The Balaban J connectivity index is 1.75. The average Bonchev–Trinajstić information content (AvgIpc) is 2.69. The van der Waals surface area contributed by atoms with Crippen LogP contribution in [-0.2, 0) is 6.54 Å². The highest BCUT2D eigenvalue weighted by atomic mass is 19.3. The number of halogens is 2. The quantitative estimate of drug-likeness (QED) is 0.879. The number of hydrogen-bond acceptors (Lipinski definition) is 3. The van der Waals surface area contributed by atoms with E-state index in [0.717, 1.165) is 5.56 Å². The number of alkyl halides is 2. The van der Waals surface area contributed by atoms with E-state index < -0.39 is 5.92 Å². The van der Waals surface area contributed by atoms with Gasteiger partial charge in [0.15, 0.2) is 0 Å². The fourth-order valence-electron chi connectivity index (χ4n) is 2.31. The van der Waals surface area contributed by atoms with Gasteiger partial charge in [0.1, 0.15) is 0 Å². The predicted molar refractivity (Wildman–Crippen MR) is 64.8 cm³/mol. The summed E-state index contributed by atoms with van der Waals surface area (Å²) in [6.45, 7) is 1.29. The lowest BCUT2D eigenvalue weighted by molar-refractivity contribution is 0.00508. The van der Waals surface area contributed by atoms with Crippen LogP contribution < -0.4 is 10.1 Å². The van der Waals surface area contributed by atoms with E-state index in [1.54, 1.807) is 13.3 Å². The molecule has 1 atom stereocenters. The van der Waals surface area contributed by atoms with Gasteiger partial charge in [0, 0.05) is 31.6 Å². The van der Waals surface area contributed by atoms with Crippen LogP contribution in [-0.4, -0.2) is 24.6 Å². The topological polar surface area (TPSA) is 34.1 Å². The van der Waals surface area contributed by atoms with Crippen LogP contribution in [0.3, 0.4) is 0 Å². The van der Waals surface area contributed by atoms with Crippen molar-refractivity contribution in [2.45, 2.75) is 31.7 Å². The van der Waals surface area contributed by atoms with E-state index >= 15 is 0 Å². The first-order valence-corrected chi connectivity index (χ1v) is 6.16. The maximum atomic E-state index is 13.0. The van der Waals surface area contributed by atoms with Gasteiger partial charge in [-0.3, -0.25) is 0 Å². The van der Waals surface area contributed by atoms with E-state index in [0.29, 0.717) is 25.4 Å². The summed E-state index contributed by atoms with van der Waals surface area (Å²) in [5.41, 5.74) is 1.05. The molecule has 1 unspecified atom stereocenters. The van der Waals surface area contributed by atoms with Crippen molar-refractivity contribution in [1.29, 1.82) is 0 Å². The number of nitrogens with one attached hydrogen (secondary N) is 1. The molecule has 5 heteroatoms. The second kappa shape index (κ2) is 5.61. The Hall–Kier alpha value is -1.23. The van der Waals surface area contributed by atoms with Crippen molar-refractivity contribution in [3.05, 3.63) is 23.9 Å². The SMILES string of the molecule is COc1cc(CNCC2CCC(F)(F)C2)ccn1. The van der Waals surface area contributed by atoms with Crippen molar-refractivity contribution in [2.24, 2.45) is 5.92 Å². The Morgan fingerprint density at radius 3 is 3.06 bits per heavy atom. The number of ether oxygens (including phenoxy) is 1. The van der Waals surface area contributed by atoms with Crippen molar-refractivity contribution >= 4 is 0 Å². The molecule has 1 aromatic heterocycles. The molecule has 0 aromatic carbocycles. The van der Waals surface area contributed by atoms with Crippen LogP contribution >= 0.6 is 0 Å². The highest BCUT2D eigenvalue weighted by molar-refractivity contribution is 5.20. The van der Waals surface area contributed by atoms with Crippen molar-refractivity contribution in [3.63, 3.8) is 0 Å². The average molecular weight is 256 g/mol. The first kappa shape index (κ1) is 13.2. The normalized spacial score (nSPS) is 22.1. The van der Waals surface area contributed by atoms with E-state index in [4.69, 9.17) is 4.74 Å². The van der Waals surface area contributed by atoms with E-state index in [-0.39, 0.29) is 18.8 Å². The molecule has 1 aromatic rings. The number of hydrogen-bond donors (Lipinski definition) is 1. The first-order chi connectivity index (χ1) is 8.59. The minimum absolute atomic E-state index is 0.0136. The lowest BCUT2D eigenvalue weighted by Crippen LogP contribution is -2.22. The van der Waals surface area contributed by atoms with Crippen LogP contribution in [0.15, 0.2) is 18.3 Å². The summed E-state index contributed by atoms with van der Waals surface area (Å²) < 4.78 is 31.0. The standard InChI is InChI=1S/C13H18F2N2O/c1-18-12-6-10(3-5-17-12)8-16-9-11-2-4-13(14,15)7-11/h3,5-6,11,16H,2,4,7-9H2,1H3. The molecule has 3 nitrogen and oxygen atoms in total. The second-order valence-electron chi connectivity index (χ2n) is 4.80. The molecule has 100 valence electrons. The fraction of sp³-hybridized carbons (Fsp3) is 0.615. The smallest absolute Gasteiger partial charge is 0.248 e. The van der Waals surface area contributed by atoms with Gasteiger partial charge >= 0.3 is 0 Å². The molecule has 1 heterocycles. The maximum Gasteiger partial charge on any atom is 0.248 e. The zero-order chi connectivity index (χ0) is 13.0. The van der Waals surface area contributed by atoms with Gasteiger partial charge < -0.3 is 10.1 Å². The molecule has 1 aliphatic carbocycles. The number of aromatic nitrogens is 1. The van der Waals surface area contributed by atoms with Crippen LogP contribution in [0.25, 0.3) is 0 Å². The largest absolute Gasteiger partial charge is 0.481 e. The minimum Gasteiger partial charge on any atom is -0.481 e. The molecular formula is C13H18F2N2O. The molecule has 0 bridgehead atoms. The van der Waals surface area contributed by atoms with Gasteiger partial charge in [0.2, 0.25) is 11.8 Å². The molecule has 18 heavy (non-hydrogen) atoms. The molecule has 0 saturated heterocycles. The Kier molecular flexibility index (Phi) is 4.11. The van der Waals surface area contributed by atoms with Crippen LogP contribution in [0.4, 0.5) is 8.78 Å². The van der Waals surface area contributed by atoms with Gasteiger partial charge in [-0.15, -0.1) is 0 Å². The summed E-state index contributed by atoms with van der Waals surface area (Å²) in [7, 11) is 1.57. The van der Waals surface area contributed by atoms with Crippen LogP contribution in [0.1, 0.15) is 24.8 Å². The zero-order valence-electron chi connectivity index (χ0n) is 10.5. The number of methoxy groups -OCH3 is 1. The Labute approximate surface area is 106 Å². The van der Waals surface area contributed by atoms with E-state index in [9.17, 15) is 8.78 Å². The summed E-state index contributed by atoms with van der Waals surface area (Å²) in [6.07, 6.45) is 2.33. The summed E-state index contributed by atoms with van der Waals surface area (Å²) in [4.78, 5) is 4.01. The molecule has 1 aliphatic rings. The van der Waals surface area contributed by atoms with Crippen LogP contribution in [0, 0.1) is 5.92 Å². The number of pyridine rings is 1. The van der Waals surface area contributed by atoms with Gasteiger partial charge in [-0.25, -0.2) is 13.8 Å². The highest BCUT2D eigenvalue weighted by Gasteiger charge is 2.38. The third-order valence-corrected chi connectivity index (χ3v) is 3.28. The summed E-state index contributed by atoms with van der Waals surface area (Å²) in [5, 5.41) is 3.22. The predicted octanol–water partition coefficient (Wildman–Crippen LogP) is 2.62. The van der Waals surface area contributed by atoms with E-state index in [1.165, 1.54) is 0 Å². The zero-order valence-corrected chi connectivity index (χ0v) is 10.5. The van der Waals surface area contributed by atoms with E-state index in [1.807, 2.05) is 12.1 Å². The number of nitrogens with zero attached hydrogens (tertiary/aromatic N) is 1. The molecular weight excluding hydrogens is 238 g/mol. The molecule has 0 aliphatic heterocycles. The first-order valence-electron chi connectivity index (χ1n) is 6.16. The maximum absolute atomic E-state index is 13.0. The molecule has 0 amide bonds. The van der Waals surface area contributed by atoms with Crippen molar-refractivity contribution < 1.29 is 13.5 Å². The Bertz CT molecular complexity index is 398. The minimum atomic E-state index is -2.45. The Morgan fingerprint density at radius 1 is 1.56 bits per heavy atom. The molecule has 0 radical (unpaired) electrons. The summed E-state index contributed by atoms with van der Waals surface area (Å²) in [5.74, 6) is -1.79. The lowest BCUT2D eigenvalue weighted by atomic mass is 10.1. The molecule has 1 saturated carbocycles. The van der Waals surface area contributed by atoms with Gasteiger partial charge in [-0.1, -0.05) is 0 Å². The van der Waals surface area contributed by atoms with Crippen LogP contribution in [0.5, 0.6) is 5.88 Å². The monoisotopic (exact) mass is 256 g/mol. The number of rotatable bonds is 5. The lowest BCUT2D eigenvalue weighted by Gasteiger charge is -2.12. The van der Waals surface area contributed by atoms with Crippen molar-refractivity contribution in [2.75, 3.05) is 13.7 Å². The van der Waals surface area contributed by atoms with Gasteiger partial charge in [-0.2, -0.15) is 0 Å². The third-order valence-electron chi connectivity index (χ3n) is 3.28. The van der Waals surface area contributed by atoms with Crippen LogP contribution in [0.2, 0.25) is 0 Å². The third kappa shape index (κ3) is 3.63. The summed E-state index contributed by atoms with van der Waals surface area (Å²) >= 11 is 0.